The van der Waals surface area contributed by atoms with Gasteiger partial charge in [-0.15, -0.1) is 0 Å². The molecule has 19 heavy (non-hydrogen) atoms. The zero-order chi connectivity index (χ0) is 13.8. The van der Waals surface area contributed by atoms with Crippen molar-refractivity contribution in [1.82, 2.24) is 4.90 Å². The summed E-state index contributed by atoms with van der Waals surface area (Å²) in [5.41, 5.74) is 0. The molecule has 2 fully saturated rings. The molecule has 2 rings (SSSR count). The van der Waals surface area contributed by atoms with Gasteiger partial charge in [0.15, 0.2) is 0 Å². The van der Waals surface area contributed by atoms with Crippen LogP contribution >= 0.6 is 0 Å². The Morgan fingerprint density at radius 1 is 1.16 bits per heavy atom. The number of nitrogens with zero attached hydrogens (tertiary/aromatic N) is 1. The standard InChI is InChI=1S/C17H33NO/c1-4-7-15-8-5-6-9-18(15)12-16-14(3)10-13(2)11-17(16)19/h13-17,19H,4-12H2,1-3H3. The topological polar surface area (TPSA) is 23.5 Å². The van der Waals surface area contributed by atoms with Crippen LogP contribution in [-0.4, -0.2) is 35.2 Å². The lowest BCUT2D eigenvalue weighted by Gasteiger charge is -2.43. The number of likely N-dealkylation sites (tertiary alicyclic amines) is 1. The number of aliphatic hydroxyl groups is 1. The van der Waals surface area contributed by atoms with Gasteiger partial charge in [-0.25, -0.2) is 0 Å². The monoisotopic (exact) mass is 267 g/mol. The molecule has 1 saturated carbocycles. The lowest BCUT2D eigenvalue weighted by molar-refractivity contribution is -0.0151. The lowest BCUT2D eigenvalue weighted by Crippen LogP contribution is -2.47. The van der Waals surface area contributed by atoms with E-state index >= 15 is 0 Å². The lowest BCUT2D eigenvalue weighted by atomic mass is 9.73. The van der Waals surface area contributed by atoms with E-state index in [0.717, 1.165) is 19.0 Å². The quantitative estimate of drug-likeness (QED) is 0.840. The predicted octanol–water partition coefficient (Wildman–Crippen LogP) is 3.68. The van der Waals surface area contributed by atoms with Crippen LogP contribution in [0.1, 0.15) is 65.7 Å². The first-order valence-corrected chi connectivity index (χ1v) is 8.54. The number of rotatable bonds is 4. The summed E-state index contributed by atoms with van der Waals surface area (Å²) in [6.07, 6.45) is 9.02. The first kappa shape index (κ1) is 15.3. The van der Waals surface area contributed by atoms with E-state index in [1.807, 2.05) is 0 Å². The molecule has 5 unspecified atom stereocenters. The Balaban J connectivity index is 1.93. The molecule has 0 radical (unpaired) electrons. The van der Waals surface area contributed by atoms with Crippen LogP contribution in [0.4, 0.5) is 0 Å². The van der Waals surface area contributed by atoms with Crippen molar-refractivity contribution < 1.29 is 5.11 Å². The highest BCUT2D eigenvalue weighted by Crippen LogP contribution is 2.35. The number of hydrogen-bond acceptors (Lipinski definition) is 2. The Hall–Kier alpha value is -0.0800. The van der Waals surface area contributed by atoms with Gasteiger partial charge in [0.1, 0.15) is 0 Å². The van der Waals surface area contributed by atoms with E-state index in [1.165, 1.54) is 45.1 Å². The molecule has 0 amide bonds. The minimum Gasteiger partial charge on any atom is -0.393 e. The molecule has 0 spiro atoms. The van der Waals surface area contributed by atoms with Crippen LogP contribution in [0.5, 0.6) is 0 Å². The van der Waals surface area contributed by atoms with Crippen LogP contribution < -0.4 is 0 Å². The summed E-state index contributed by atoms with van der Waals surface area (Å²) >= 11 is 0. The maximum absolute atomic E-state index is 10.4. The van der Waals surface area contributed by atoms with Crippen LogP contribution in [0.25, 0.3) is 0 Å². The van der Waals surface area contributed by atoms with E-state index in [4.69, 9.17) is 0 Å². The van der Waals surface area contributed by atoms with Crippen LogP contribution in [0.2, 0.25) is 0 Å². The second kappa shape index (κ2) is 7.08. The van der Waals surface area contributed by atoms with E-state index < -0.39 is 0 Å². The molecule has 5 atom stereocenters. The highest BCUT2D eigenvalue weighted by atomic mass is 16.3. The van der Waals surface area contributed by atoms with Gasteiger partial charge in [-0.2, -0.15) is 0 Å². The van der Waals surface area contributed by atoms with E-state index in [0.29, 0.717) is 17.8 Å². The van der Waals surface area contributed by atoms with Crippen molar-refractivity contribution in [2.75, 3.05) is 13.1 Å². The summed E-state index contributed by atoms with van der Waals surface area (Å²) in [5, 5.41) is 10.4. The predicted molar refractivity (Wildman–Crippen MR) is 81.2 cm³/mol. The van der Waals surface area contributed by atoms with Crippen LogP contribution in [0, 0.1) is 17.8 Å². The molecule has 1 aliphatic carbocycles. The molecule has 1 N–H and O–H groups in total. The Morgan fingerprint density at radius 3 is 2.63 bits per heavy atom. The fraction of sp³-hybridized carbons (Fsp3) is 1.00. The molecule has 0 bridgehead atoms. The van der Waals surface area contributed by atoms with Crippen molar-refractivity contribution in [3.05, 3.63) is 0 Å². The second-order valence-corrected chi connectivity index (χ2v) is 7.22. The van der Waals surface area contributed by atoms with E-state index in [9.17, 15) is 5.11 Å². The molecule has 112 valence electrons. The van der Waals surface area contributed by atoms with Crippen molar-refractivity contribution in [3.63, 3.8) is 0 Å². The van der Waals surface area contributed by atoms with Gasteiger partial charge in [0.25, 0.3) is 0 Å². The number of piperidine rings is 1. The van der Waals surface area contributed by atoms with E-state index in [1.54, 1.807) is 0 Å². The molecular weight excluding hydrogens is 234 g/mol. The van der Waals surface area contributed by atoms with Gasteiger partial charge in [0.2, 0.25) is 0 Å². The van der Waals surface area contributed by atoms with Crippen molar-refractivity contribution in [1.29, 1.82) is 0 Å². The molecule has 1 saturated heterocycles. The van der Waals surface area contributed by atoms with Crippen molar-refractivity contribution >= 4 is 0 Å². The SMILES string of the molecule is CCCC1CCCCN1CC1C(C)CC(C)CC1O. The van der Waals surface area contributed by atoms with E-state index in [-0.39, 0.29) is 6.10 Å². The summed E-state index contributed by atoms with van der Waals surface area (Å²) in [4.78, 5) is 2.70. The zero-order valence-corrected chi connectivity index (χ0v) is 13.1. The minimum atomic E-state index is -0.0667. The summed E-state index contributed by atoms with van der Waals surface area (Å²) in [7, 11) is 0. The zero-order valence-electron chi connectivity index (χ0n) is 13.1. The van der Waals surface area contributed by atoms with Gasteiger partial charge in [-0.05, 0) is 50.5 Å². The van der Waals surface area contributed by atoms with Crippen molar-refractivity contribution in [3.8, 4) is 0 Å². The Kier molecular flexibility index (Phi) is 5.70. The third-order valence-electron chi connectivity index (χ3n) is 5.46. The molecular formula is C17H33NO. The molecule has 2 aliphatic rings. The first-order chi connectivity index (χ1) is 9.11. The maximum atomic E-state index is 10.4. The smallest absolute Gasteiger partial charge is 0.0585 e. The first-order valence-electron chi connectivity index (χ1n) is 8.54. The van der Waals surface area contributed by atoms with Crippen molar-refractivity contribution in [2.24, 2.45) is 17.8 Å². The fourth-order valence-corrected chi connectivity index (χ4v) is 4.40. The molecule has 0 aromatic heterocycles. The fourth-order valence-electron chi connectivity index (χ4n) is 4.40. The Morgan fingerprint density at radius 2 is 1.95 bits per heavy atom. The van der Waals surface area contributed by atoms with Gasteiger partial charge >= 0.3 is 0 Å². The average Bonchev–Trinajstić information content (AvgIpc) is 2.36. The minimum absolute atomic E-state index is 0.0667. The highest BCUT2D eigenvalue weighted by Gasteiger charge is 2.35. The average molecular weight is 267 g/mol. The van der Waals surface area contributed by atoms with Gasteiger partial charge in [0.05, 0.1) is 6.10 Å². The summed E-state index contributed by atoms with van der Waals surface area (Å²) < 4.78 is 0. The number of hydrogen-bond donors (Lipinski definition) is 1. The van der Waals surface area contributed by atoms with E-state index in [2.05, 4.69) is 25.7 Å². The normalized spacial score (nSPS) is 41.4. The van der Waals surface area contributed by atoms with Gasteiger partial charge < -0.3 is 10.0 Å². The number of aliphatic hydroxyl groups excluding tert-OH is 1. The molecule has 0 aromatic carbocycles. The Labute approximate surface area is 119 Å². The molecule has 2 heteroatoms. The van der Waals surface area contributed by atoms with Gasteiger partial charge in [-0.3, -0.25) is 0 Å². The molecule has 2 nitrogen and oxygen atoms in total. The van der Waals surface area contributed by atoms with Gasteiger partial charge in [-0.1, -0.05) is 33.6 Å². The highest BCUT2D eigenvalue weighted by molar-refractivity contribution is 4.87. The molecule has 1 heterocycles. The second-order valence-electron chi connectivity index (χ2n) is 7.22. The third-order valence-corrected chi connectivity index (χ3v) is 5.46. The largest absolute Gasteiger partial charge is 0.393 e. The van der Waals surface area contributed by atoms with Crippen LogP contribution in [0.15, 0.2) is 0 Å². The van der Waals surface area contributed by atoms with Crippen molar-refractivity contribution in [2.45, 2.75) is 77.9 Å². The summed E-state index contributed by atoms with van der Waals surface area (Å²) in [5.74, 6) is 1.89. The maximum Gasteiger partial charge on any atom is 0.0585 e. The molecule has 0 aromatic rings. The van der Waals surface area contributed by atoms with Crippen LogP contribution in [-0.2, 0) is 0 Å². The van der Waals surface area contributed by atoms with Gasteiger partial charge in [0, 0.05) is 18.5 Å². The Bertz CT molecular complexity index is 254. The summed E-state index contributed by atoms with van der Waals surface area (Å²) in [6, 6.07) is 0.789. The van der Waals surface area contributed by atoms with Crippen LogP contribution in [0.3, 0.4) is 0 Å². The third kappa shape index (κ3) is 3.95. The molecule has 1 aliphatic heterocycles. The summed E-state index contributed by atoms with van der Waals surface area (Å²) in [6.45, 7) is 9.33.